The number of nitrogens with zero attached hydrogens (tertiary/aromatic N) is 3. The molecule has 1 atom stereocenters. The summed E-state index contributed by atoms with van der Waals surface area (Å²) < 4.78 is 27.8. The van der Waals surface area contributed by atoms with Crippen molar-refractivity contribution in [2.24, 2.45) is 0 Å². The zero-order chi connectivity index (χ0) is 22.0. The number of carbonyl (C=O) groups excluding carboxylic acids is 2. The number of rotatable bonds is 4. The molecule has 11 heteroatoms. The largest absolute Gasteiger partial charge is 0.322 e. The van der Waals surface area contributed by atoms with E-state index in [1.54, 1.807) is 0 Å². The highest BCUT2D eigenvalue weighted by Gasteiger charge is 2.35. The van der Waals surface area contributed by atoms with Crippen molar-refractivity contribution in [1.29, 1.82) is 0 Å². The van der Waals surface area contributed by atoms with Crippen LogP contribution < -0.4 is 10.6 Å². The summed E-state index contributed by atoms with van der Waals surface area (Å²) in [6.07, 6.45) is 1.08. The number of nitrogens with one attached hydrogen (secondary N) is 2. The molecule has 160 valence electrons. The minimum atomic E-state index is -0.886. The number of carbonyl (C=O) groups is 2. The van der Waals surface area contributed by atoms with Crippen LogP contribution in [-0.2, 0) is 4.79 Å². The van der Waals surface area contributed by atoms with E-state index in [1.165, 1.54) is 16.2 Å². The highest BCUT2D eigenvalue weighted by atomic mass is 79.9. The van der Waals surface area contributed by atoms with Gasteiger partial charge in [0.2, 0.25) is 11.0 Å². The van der Waals surface area contributed by atoms with Crippen molar-refractivity contribution in [1.82, 2.24) is 15.1 Å². The third-order valence-corrected chi connectivity index (χ3v) is 6.15. The molecule has 0 radical (unpaired) electrons. The van der Waals surface area contributed by atoms with Gasteiger partial charge in [-0.05, 0) is 37.1 Å². The van der Waals surface area contributed by atoms with Crippen LogP contribution in [0.4, 0.5) is 24.4 Å². The number of halogens is 3. The SMILES string of the molecule is O=C(Nc1nnc(-c2ccc(Br)cc2)s1)[C@@H]1CCCN1C(=O)Nc1ccc(F)cc1F. The van der Waals surface area contributed by atoms with Gasteiger partial charge in [-0.1, -0.05) is 39.4 Å². The van der Waals surface area contributed by atoms with Crippen LogP contribution in [0.25, 0.3) is 10.6 Å². The van der Waals surface area contributed by atoms with E-state index in [1.807, 2.05) is 24.3 Å². The summed E-state index contributed by atoms with van der Waals surface area (Å²) in [6, 6.07) is 9.04. The van der Waals surface area contributed by atoms with Gasteiger partial charge in [0, 0.05) is 22.6 Å². The van der Waals surface area contributed by atoms with E-state index in [-0.39, 0.29) is 5.69 Å². The van der Waals surface area contributed by atoms with Crippen molar-refractivity contribution < 1.29 is 18.4 Å². The second-order valence-electron chi connectivity index (χ2n) is 6.81. The summed E-state index contributed by atoms with van der Waals surface area (Å²) >= 11 is 4.60. The summed E-state index contributed by atoms with van der Waals surface area (Å²) in [6.45, 7) is 0.340. The van der Waals surface area contributed by atoms with Crippen LogP contribution in [0.1, 0.15) is 12.8 Å². The lowest BCUT2D eigenvalue weighted by Crippen LogP contribution is -2.45. The third-order valence-electron chi connectivity index (χ3n) is 4.74. The van der Waals surface area contributed by atoms with Crippen molar-refractivity contribution in [2.45, 2.75) is 18.9 Å². The van der Waals surface area contributed by atoms with Gasteiger partial charge in [0.15, 0.2) is 0 Å². The Hall–Kier alpha value is -2.92. The van der Waals surface area contributed by atoms with Gasteiger partial charge in [0.05, 0.1) is 5.69 Å². The van der Waals surface area contributed by atoms with Crippen LogP contribution in [0.15, 0.2) is 46.9 Å². The Bertz CT molecular complexity index is 1130. The van der Waals surface area contributed by atoms with E-state index in [4.69, 9.17) is 0 Å². The molecule has 0 bridgehead atoms. The first-order valence-electron chi connectivity index (χ1n) is 9.34. The van der Waals surface area contributed by atoms with Gasteiger partial charge in [0.25, 0.3) is 0 Å². The van der Waals surface area contributed by atoms with Crippen LogP contribution in [0, 0.1) is 11.6 Å². The molecule has 0 saturated carbocycles. The fourth-order valence-electron chi connectivity index (χ4n) is 3.23. The Labute approximate surface area is 188 Å². The molecule has 1 aliphatic heterocycles. The fraction of sp³-hybridized carbons (Fsp3) is 0.200. The van der Waals surface area contributed by atoms with Gasteiger partial charge in [-0.2, -0.15) is 0 Å². The zero-order valence-corrected chi connectivity index (χ0v) is 18.3. The molecule has 1 saturated heterocycles. The summed E-state index contributed by atoms with van der Waals surface area (Å²) in [7, 11) is 0. The first-order chi connectivity index (χ1) is 14.9. The highest BCUT2D eigenvalue weighted by molar-refractivity contribution is 9.10. The summed E-state index contributed by atoms with van der Waals surface area (Å²) in [5.41, 5.74) is 0.713. The van der Waals surface area contributed by atoms with Gasteiger partial charge in [0.1, 0.15) is 22.7 Å². The maximum atomic E-state index is 13.8. The first-order valence-corrected chi connectivity index (χ1v) is 10.9. The van der Waals surface area contributed by atoms with Crippen molar-refractivity contribution in [2.75, 3.05) is 17.2 Å². The molecule has 1 fully saturated rings. The van der Waals surface area contributed by atoms with Crippen LogP contribution in [0.3, 0.4) is 0 Å². The van der Waals surface area contributed by atoms with Gasteiger partial charge >= 0.3 is 6.03 Å². The lowest BCUT2D eigenvalue weighted by atomic mass is 10.2. The predicted molar refractivity (Wildman–Crippen MR) is 117 cm³/mol. The number of amides is 3. The molecule has 1 aliphatic rings. The number of benzene rings is 2. The third kappa shape index (κ3) is 4.88. The summed E-state index contributed by atoms with van der Waals surface area (Å²) in [5, 5.41) is 14.2. The number of aromatic nitrogens is 2. The Kier molecular flexibility index (Phi) is 6.23. The molecule has 2 aromatic carbocycles. The van der Waals surface area contributed by atoms with E-state index in [0.717, 1.165) is 22.2 Å². The van der Waals surface area contributed by atoms with E-state index in [0.29, 0.717) is 35.6 Å². The van der Waals surface area contributed by atoms with Gasteiger partial charge in [-0.25, -0.2) is 13.6 Å². The molecule has 3 amide bonds. The minimum Gasteiger partial charge on any atom is -0.312 e. The smallest absolute Gasteiger partial charge is 0.312 e. The van der Waals surface area contributed by atoms with E-state index < -0.39 is 29.6 Å². The molecule has 0 aliphatic carbocycles. The average Bonchev–Trinajstić information content (AvgIpc) is 3.40. The van der Waals surface area contributed by atoms with Crippen LogP contribution in [-0.4, -0.2) is 39.6 Å². The van der Waals surface area contributed by atoms with E-state index >= 15 is 0 Å². The standard InChI is InChI=1S/C20H16BrF2N5O2S/c21-12-5-3-11(4-6-12)18-26-27-19(31-18)25-17(29)16-2-1-9-28(16)20(30)24-15-8-7-13(22)10-14(15)23/h3-8,10,16H,1-2,9H2,(H,24,30)(H,25,27,29)/t16-/m0/s1. The second-order valence-corrected chi connectivity index (χ2v) is 8.71. The predicted octanol–water partition coefficient (Wildman–Crippen LogP) is 4.88. The second kappa shape index (κ2) is 9.06. The van der Waals surface area contributed by atoms with Crippen molar-refractivity contribution in [3.05, 3.63) is 58.6 Å². The normalized spacial score (nSPS) is 15.7. The maximum absolute atomic E-state index is 13.8. The molecule has 4 rings (SSSR count). The van der Waals surface area contributed by atoms with Gasteiger partial charge in [-0.15, -0.1) is 10.2 Å². The van der Waals surface area contributed by atoms with Crippen molar-refractivity contribution in [3.63, 3.8) is 0 Å². The van der Waals surface area contributed by atoms with Gasteiger partial charge in [-0.3, -0.25) is 10.1 Å². The van der Waals surface area contributed by atoms with E-state index in [9.17, 15) is 18.4 Å². The molecular formula is C20H16BrF2N5O2S. The Morgan fingerprint density at radius 3 is 2.61 bits per heavy atom. The highest BCUT2D eigenvalue weighted by Crippen LogP contribution is 2.28. The molecule has 0 unspecified atom stereocenters. The molecule has 0 spiro atoms. The van der Waals surface area contributed by atoms with E-state index in [2.05, 4.69) is 36.8 Å². The molecular weight excluding hydrogens is 492 g/mol. The summed E-state index contributed by atoms with van der Waals surface area (Å²) in [5.74, 6) is -2.03. The number of urea groups is 1. The van der Waals surface area contributed by atoms with Gasteiger partial charge < -0.3 is 10.2 Å². The number of anilines is 2. The maximum Gasteiger partial charge on any atom is 0.322 e. The molecule has 7 nitrogen and oxygen atoms in total. The van der Waals surface area contributed by atoms with Crippen molar-refractivity contribution >= 4 is 50.0 Å². The van der Waals surface area contributed by atoms with Crippen LogP contribution in [0.2, 0.25) is 0 Å². The quantitative estimate of drug-likeness (QED) is 0.526. The van der Waals surface area contributed by atoms with Crippen LogP contribution in [0.5, 0.6) is 0 Å². The molecule has 2 heterocycles. The monoisotopic (exact) mass is 507 g/mol. The Morgan fingerprint density at radius 1 is 1.10 bits per heavy atom. The Balaban J connectivity index is 1.42. The lowest BCUT2D eigenvalue weighted by Gasteiger charge is -2.23. The number of likely N-dealkylation sites (tertiary alicyclic amines) is 1. The van der Waals surface area contributed by atoms with Crippen LogP contribution >= 0.6 is 27.3 Å². The Morgan fingerprint density at radius 2 is 1.87 bits per heavy atom. The van der Waals surface area contributed by atoms with Crippen molar-refractivity contribution in [3.8, 4) is 10.6 Å². The molecule has 2 N–H and O–H groups in total. The first kappa shape index (κ1) is 21.3. The fourth-order valence-corrected chi connectivity index (χ4v) is 4.25. The lowest BCUT2D eigenvalue weighted by molar-refractivity contribution is -0.119. The number of hydrogen-bond acceptors (Lipinski definition) is 5. The average molecular weight is 508 g/mol. The molecule has 1 aromatic heterocycles. The topological polar surface area (TPSA) is 87.2 Å². The minimum absolute atomic E-state index is 0.152. The summed E-state index contributed by atoms with van der Waals surface area (Å²) in [4.78, 5) is 26.7. The zero-order valence-electron chi connectivity index (χ0n) is 15.9. The molecule has 3 aromatic rings. The molecule has 31 heavy (non-hydrogen) atoms. The number of hydrogen-bond donors (Lipinski definition) is 2.